The molecule has 1 aromatic heterocycles. The molecule has 1 heterocycles. The summed E-state index contributed by atoms with van der Waals surface area (Å²) in [6, 6.07) is 12.8. The van der Waals surface area contributed by atoms with Crippen molar-refractivity contribution in [3.63, 3.8) is 0 Å². The van der Waals surface area contributed by atoms with Crippen molar-refractivity contribution in [2.24, 2.45) is 0 Å². The second-order valence-electron chi connectivity index (χ2n) is 4.79. The summed E-state index contributed by atoms with van der Waals surface area (Å²) >= 11 is 3.42. The maximum Gasteiger partial charge on any atom is 0.291 e. The first kappa shape index (κ1) is 13.7. The summed E-state index contributed by atoms with van der Waals surface area (Å²) in [6.07, 6.45) is 0. The fourth-order valence-electron chi connectivity index (χ4n) is 2.06. The zero-order chi connectivity index (χ0) is 15.0. The predicted molar refractivity (Wildman–Crippen MR) is 87.5 cm³/mol. The lowest BCUT2D eigenvalue weighted by molar-refractivity contribution is 0.0998. The molecule has 0 aliphatic rings. The van der Waals surface area contributed by atoms with Gasteiger partial charge in [-0.2, -0.15) is 0 Å². The standard InChI is InChI=1S/C16H13BrN2O2/c1-9-6-11(17)13(8-12(9)18)19-16(20)15-7-10-4-2-3-5-14(10)21-15/h2-8H,18H2,1H3,(H,19,20). The number of halogens is 1. The van der Waals surface area contributed by atoms with Crippen molar-refractivity contribution in [1.29, 1.82) is 0 Å². The van der Waals surface area contributed by atoms with Crippen molar-refractivity contribution in [3.8, 4) is 0 Å². The molecule has 2 aromatic carbocycles. The van der Waals surface area contributed by atoms with Gasteiger partial charge in [-0.15, -0.1) is 0 Å². The fraction of sp³-hybridized carbons (Fsp3) is 0.0625. The van der Waals surface area contributed by atoms with Crippen LogP contribution in [-0.4, -0.2) is 5.91 Å². The van der Waals surface area contributed by atoms with Crippen LogP contribution >= 0.6 is 15.9 Å². The number of hydrogen-bond donors (Lipinski definition) is 2. The van der Waals surface area contributed by atoms with E-state index in [0.717, 1.165) is 15.4 Å². The largest absolute Gasteiger partial charge is 0.451 e. The molecule has 21 heavy (non-hydrogen) atoms. The Bertz CT molecular complexity index is 806. The third kappa shape index (κ3) is 2.64. The number of carbonyl (C=O) groups is 1. The maximum atomic E-state index is 12.3. The van der Waals surface area contributed by atoms with E-state index in [9.17, 15) is 4.79 Å². The van der Waals surface area contributed by atoms with E-state index in [0.29, 0.717) is 17.0 Å². The molecule has 0 atom stereocenters. The normalized spacial score (nSPS) is 10.8. The van der Waals surface area contributed by atoms with Crippen LogP contribution in [0, 0.1) is 6.92 Å². The summed E-state index contributed by atoms with van der Waals surface area (Å²) in [7, 11) is 0. The number of anilines is 2. The summed E-state index contributed by atoms with van der Waals surface area (Å²) in [4.78, 5) is 12.3. The Morgan fingerprint density at radius 3 is 2.76 bits per heavy atom. The maximum absolute atomic E-state index is 12.3. The number of rotatable bonds is 2. The van der Waals surface area contributed by atoms with Gasteiger partial charge < -0.3 is 15.5 Å². The van der Waals surface area contributed by atoms with Crippen molar-refractivity contribution >= 4 is 44.2 Å². The van der Waals surface area contributed by atoms with Gasteiger partial charge in [0.1, 0.15) is 5.58 Å². The lowest BCUT2D eigenvalue weighted by atomic mass is 10.2. The van der Waals surface area contributed by atoms with E-state index in [1.54, 1.807) is 12.1 Å². The number of amides is 1. The van der Waals surface area contributed by atoms with Gasteiger partial charge in [0.05, 0.1) is 5.69 Å². The van der Waals surface area contributed by atoms with E-state index in [1.807, 2.05) is 37.3 Å². The summed E-state index contributed by atoms with van der Waals surface area (Å²) in [5, 5.41) is 3.69. The van der Waals surface area contributed by atoms with E-state index in [4.69, 9.17) is 10.2 Å². The summed E-state index contributed by atoms with van der Waals surface area (Å²) in [6.45, 7) is 1.91. The number of nitrogen functional groups attached to an aromatic ring is 1. The van der Waals surface area contributed by atoms with Crippen LogP contribution in [0.5, 0.6) is 0 Å². The minimum absolute atomic E-state index is 0.266. The molecule has 0 saturated carbocycles. The van der Waals surface area contributed by atoms with E-state index in [-0.39, 0.29) is 11.7 Å². The van der Waals surface area contributed by atoms with E-state index >= 15 is 0 Å². The first-order valence-corrected chi connectivity index (χ1v) is 7.19. The Hall–Kier alpha value is -2.27. The molecule has 0 unspecified atom stereocenters. The van der Waals surface area contributed by atoms with E-state index < -0.39 is 0 Å². The molecule has 1 amide bonds. The molecule has 3 N–H and O–H groups in total. The smallest absolute Gasteiger partial charge is 0.291 e. The van der Waals surface area contributed by atoms with Crippen LogP contribution in [0.1, 0.15) is 16.1 Å². The van der Waals surface area contributed by atoms with Crippen LogP contribution in [-0.2, 0) is 0 Å². The highest BCUT2D eigenvalue weighted by atomic mass is 79.9. The van der Waals surface area contributed by atoms with Crippen LogP contribution in [0.25, 0.3) is 11.0 Å². The SMILES string of the molecule is Cc1cc(Br)c(NC(=O)c2cc3ccccc3o2)cc1N. The van der Waals surface area contributed by atoms with Crippen LogP contribution in [0.2, 0.25) is 0 Å². The molecule has 0 aliphatic carbocycles. The first-order chi connectivity index (χ1) is 10.0. The second kappa shape index (κ2) is 5.26. The fourth-order valence-corrected chi connectivity index (χ4v) is 2.62. The lowest BCUT2D eigenvalue weighted by Crippen LogP contribution is -2.11. The van der Waals surface area contributed by atoms with Gasteiger partial charge in [-0.3, -0.25) is 4.79 Å². The van der Waals surface area contributed by atoms with Gasteiger partial charge in [0.15, 0.2) is 5.76 Å². The third-order valence-corrected chi connectivity index (χ3v) is 3.91. The Morgan fingerprint density at radius 1 is 1.24 bits per heavy atom. The highest BCUT2D eigenvalue weighted by Crippen LogP contribution is 2.28. The van der Waals surface area contributed by atoms with Crippen molar-refractivity contribution in [3.05, 3.63) is 58.3 Å². The summed E-state index contributed by atoms with van der Waals surface area (Å²) < 4.78 is 6.31. The molecule has 0 bridgehead atoms. The second-order valence-corrected chi connectivity index (χ2v) is 5.65. The summed E-state index contributed by atoms with van der Waals surface area (Å²) in [5.41, 5.74) is 8.74. The molecule has 0 fully saturated rings. The van der Waals surface area contributed by atoms with Gasteiger partial charge in [0.25, 0.3) is 5.91 Å². The lowest BCUT2D eigenvalue weighted by Gasteiger charge is -2.09. The third-order valence-electron chi connectivity index (χ3n) is 3.25. The van der Waals surface area contributed by atoms with Crippen LogP contribution in [0.4, 0.5) is 11.4 Å². The molecule has 106 valence electrons. The number of para-hydroxylation sites is 1. The highest BCUT2D eigenvalue weighted by Gasteiger charge is 2.14. The average molecular weight is 345 g/mol. The molecule has 0 aliphatic heterocycles. The van der Waals surface area contributed by atoms with Crippen molar-refractivity contribution in [1.82, 2.24) is 0 Å². The van der Waals surface area contributed by atoms with E-state index in [2.05, 4.69) is 21.2 Å². The minimum atomic E-state index is -0.310. The van der Waals surface area contributed by atoms with Gasteiger partial charge in [-0.1, -0.05) is 18.2 Å². The van der Waals surface area contributed by atoms with Crippen molar-refractivity contribution < 1.29 is 9.21 Å². The number of hydrogen-bond acceptors (Lipinski definition) is 3. The number of furan rings is 1. The summed E-state index contributed by atoms with van der Waals surface area (Å²) in [5.74, 6) is -0.0441. The Balaban J connectivity index is 1.91. The topological polar surface area (TPSA) is 68.3 Å². The molecule has 5 heteroatoms. The van der Waals surface area contributed by atoms with E-state index in [1.165, 1.54) is 0 Å². The number of aryl methyl sites for hydroxylation is 1. The Morgan fingerprint density at radius 2 is 2.00 bits per heavy atom. The number of nitrogens with two attached hydrogens (primary N) is 1. The van der Waals surface area contributed by atoms with Crippen LogP contribution in [0.3, 0.4) is 0 Å². The van der Waals surface area contributed by atoms with Gasteiger partial charge in [0, 0.05) is 15.5 Å². The molecule has 4 nitrogen and oxygen atoms in total. The molecule has 0 saturated heterocycles. The van der Waals surface area contributed by atoms with Crippen LogP contribution < -0.4 is 11.1 Å². The zero-order valence-electron chi connectivity index (χ0n) is 11.3. The Labute approximate surface area is 130 Å². The first-order valence-electron chi connectivity index (χ1n) is 6.40. The highest BCUT2D eigenvalue weighted by molar-refractivity contribution is 9.10. The molecule has 0 spiro atoms. The molecular formula is C16H13BrN2O2. The van der Waals surface area contributed by atoms with Gasteiger partial charge in [-0.25, -0.2) is 0 Å². The van der Waals surface area contributed by atoms with Crippen molar-refractivity contribution in [2.75, 3.05) is 11.1 Å². The van der Waals surface area contributed by atoms with Gasteiger partial charge in [-0.05, 0) is 52.7 Å². The molecular weight excluding hydrogens is 332 g/mol. The monoisotopic (exact) mass is 344 g/mol. The minimum Gasteiger partial charge on any atom is -0.451 e. The average Bonchev–Trinajstić information content (AvgIpc) is 2.88. The molecule has 0 radical (unpaired) electrons. The number of benzene rings is 2. The van der Waals surface area contributed by atoms with Gasteiger partial charge in [0.2, 0.25) is 0 Å². The van der Waals surface area contributed by atoms with Crippen LogP contribution in [0.15, 0.2) is 51.4 Å². The zero-order valence-corrected chi connectivity index (χ0v) is 12.9. The number of fused-ring (bicyclic) bond motifs is 1. The number of carbonyl (C=O) groups excluding carboxylic acids is 1. The van der Waals surface area contributed by atoms with Gasteiger partial charge >= 0.3 is 0 Å². The quantitative estimate of drug-likeness (QED) is 0.679. The Kier molecular flexibility index (Phi) is 3.43. The number of nitrogens with one attached hydrogen (secondary N) is 1. The molecule has 3 rings (SSSR count). The molecule has 3 aromatic rings. The van der Waals surface area contributed by atoms with Crippen molar-refractivity contribution in [2.45, 2.75) is 6.92 Å². The predicted octanol–water partition coefficient (Wildman–Crippen LogP) is 4.34.